The highest BCUT2D eigenvalue weighted by atomic mass is 32.2. The van der Waals surface area contributed by atoms with Crippen LogP contribution in [0.2, 0.25) is 0 Å². The average molecular weight is 273 g/mol. The van der Waals surface area contributed by atoms with Crippen molar-refractivity contribution >= 4 is 23.4 Å². The molecule has 0 radical (unpaired) electrons. The zero-order valence-corrected chi connectivity index (χ0v) is 11.2. The van der Waals surface area contributed by atoms with Crippen LogP contribution in [0.3, 0.4) is 0 Å². The molecule has 0 aliphatic rings. The molecule has 0 aliphatic heterocycles. The molecule has 0 spiro atoms. The fraction of sp³-hybridized carbons (Fsp3) is 0.600. The molecule has 1 aromatic heterocycles. The van der Waals surface area contributed by atoms with Crippen molar-refractivity contribution < 1.29 is 9.84 Å². The van der Waals surface area contributed by atoms with Gasteiger partial charge in [-0.3, -0.25) is 0 Å². The number of rotatable bonds is 9. The van der Waals surface area contributed by atoms with Gasteiger partial charge < -0.3 is 20.6 Å². The smallest absolute Gasteiger partial charge is 0.205 e. The Balaban J connectivity index is 2.41. The monoisotopic (exact) mass is 273 g/mol. The molecule has 0 aromatic carbocycles. The van der Waals surface area contributed by atoms with Gasteiger partial charge in [0.2, 0.25) is 5.75 Å². The Kier molecular flexibility index (Phi) is 7.23. The second-order valence-corrected chi connectivity index (χ2v) is 4.59. The van der Waals surface area contributed by atoms with E-state index in [9.17, 15) is 0 Å². The molecule has 0 aliphatic carbocycles. The van der Waals surface area contributed by atoms with Crippen LogP contribution in [0.1, 0.15) is 6.42 Å². The Morgan fingerprint density at radius 1 is 1.39 bits per heavy atom. The third-order valence-corrected chi connectivity index (χ3v) is 3.20. The van der Waals surface area contributed by atoms with Crippen LogP contribution in [0.15, 0.2) is 6.33 Å². The molecular formula is C10H19N5O2S. The highest BCUT2D eigenvalue weighted by molar-refractivity contribution is 7.99. The topological polar surface area (TPSA) is 105 Å². The Hall–Kier alpha value is -1.25. The van der Waals surface area contributed by atoms with Gasteiger partial charge in [-0.2, -0.15) is 11.8 Å². The van der Waals surface area contributed by atoms with Crippen molar-refractivity contribution in [2.24, 2.45) is 5.84 Å². The quantitative estimate of drug-likeness (QED) is 0.289. The maximum absolute atomic E-state index is 8.65. The molecule has 0 fully saturated rings. The Morgan fingerprint density at radius 2 is 2.17 bits per heavy atom. The lowest BCUT2D eigenvalue weighted by atomic mass is 10.4. The van der Waals surface area contributed by atoms with Crippen LogP contribution in [0.25, 0.3) is 0 Å². The van der Waals surface area contributed by atoms with Crippen LogP contribution >= 0.6 is 11.8 Å². The van der Waals surface area contributed by atoms with Crippen LogP contribution in [0.4, 0.5) is 11.6 Å². The maximum Gasteiger partial charge on any atom is 0.205 e. The summed E-state index contributed by atoms with van der Waals surface area (Å²) in [7, 11) is 1.54. The molecule has 1 rings (SSSR count). The summed E-state index contributed by atoms with van der Waals surface area (Å²) >= 11 is 1.77. The number of anilines is 2. The fourth-order valence-electron chi connectivity index (χ4n) is 1.31. The number of aromatic nitrogens is 2. The molecule has 0 saturated heterocycles. The first-order valence-electron chi connectivity index (χ1n) is 5.61. The minimum absolute atomic E-state index is 0.242. The average Bonchev–Trinajstić information content (AvgIpc) is 2.42. The van der Waals surface area contributed by atoms with Gasteiger partial charge >= 0.3 is 0 Å². The van der Waals surface area contributed by atoms with E-state index in [0.29, 0.717) is 17.4 Å². The third kappa shape index (κ3) is 4.55. The number of nitrogens with two attached hydrogens (primary N) is 1. The van der Waals surface area contributed by atoms with Gasteiger partial charge in [0, 0.05) is 18.9 Å². The van der Waals surface area contributed by atoms with Gasteiger partial charge in [0.15, 0.2) is 11.6 Å². The van der Waals surface area contributed by atoms with E-state index in [2.05, 4.69) is 20.7 Å². The van der Waals surface area contributed by atoms with E-state index in [1.807, 2.05) is 0 Å². The fourth-order valence-corrected chi connectivity index (χ4v) is 2.09. The summed E-state index contributed by atoms with van der Waals surface area (Å²) < 4.78 is 5.19. The molecule has 0 atom stereocenters. The van der Waals surface area contributed by atoms with Crippen molar-refractivity contribution in [2.75, 3.05) is 42.5 Å². The summed E-state index contributed by atoms with van der Waals surface area (Å²) in [6.07, 6.45) is 2.24. The number of hydrogen-bond donors (Lipinski definition) is 4. The Bertz CT molecular complexity index is 353. The second kappa shape index (κ2) is 8.78. The summed E-state index contributed by atoms with van der Waals surface area (Å²) in [6.45, 7) is 0.999. The summed E-state index contributed by atoms with van der Waals surface area (Å²) in [5.74, 6) is 8.77. The van der Waals surface area contributed by atoms with E-state index >= 15 is 0 Å². The lowest BCUT2D eigenvalue weighted by Crippen LogP contribution is -2.13. The molecule has 8 heteroatoms. The number of nitrogens with one attached hydrogen (secondary N) is 2. The van der Waals surface area contributed by atoms with Gasteiger partial charge in [-0.25, -0.2) is 15.8 Å². The molecule has 18 heavy (non-hydrogen) atoms. The number of hydrogen-bond acceptors (Lipinski definition) is 8. The lowest BCUT2D eigenvalue weighted by Gasteiger charge is -2.12. The number of nitrogen functional groups attached to an aromatic ring is 1. The number of aliphatic hydroxyl groups excluding tert-OH is 1. The molecule has 0 amide bonds. The van der Waals surface area contributed by atoms with Gasteiger partial charge in [0.1, 0.15) is 6.33 Å². The first kappa shape index (κ1) is 14.8. The Labute approximate surface area is 111 Å². The van der Waals surface area contributed by atoms with E-state index in [4.69, 9.17) is 15.7 Å². The van der Waals surface area contributed by atoms with Crippen LogP contribution in [0, 0.1) is 0 Å². The number of thioether (sulfide) groups is 1. The lowest BCUT2D eigenvalue weighted by molar-refractivity contribution is 0.296. The number of aliphatic hydroxyl groups is 1. The molecule has 1 aromatic rings. The van der Waals surface area contributed by atoms with Gasteiger partial charge in [0.25, 0.3) is 0 Å². The van der Waals surface area contributed by atoms with Crippen LogP contribution < -0.4 is 21.3 Å². The first-order chi connectivity index (χ1) is 8.83. The van der Waals surface area contributed by atoms with Crippen molar-refractivity contribution in [1.82, 2.24) is 9.97 Å². The van der Waals surface area contributed by atoms with E-state index in [1.165, 1.54) is 6.33 Å². The SMILES string of the molecule is COc1c(NN)ncnc1NCCSCCCO. The second-order valence-electron chi connectivity index (χ2n) is 3.36. The molecule has 0 unspecified atom stereocenters. The van der Waals surface area contributed by atoms with Crippen LogP contribution in [-0.2, 0) is 0 Å². The van der Waals surface area contributed by atoms with Gasteiger partial charge in [0.05, 0.1) is 7.11 Å². The highest BCUT2D eigenvalue weighted by Crippen LogP contribution is 2.27. The summed E-state index contributed by atoms with van der Waals surface area (Å²) in [5, 5.41) is 11.8. The van der Waals surface area contributed by atoms with Crippen molar-refractivity contribution in [3.63, 3.8) is 0 Å². The molecule has 5 N–H and O–H groups in total. The van der Waals surface area contributed by atoms with Gasteiger partial charge in [-0.1, -0.05) is 0 Å². The molecule has 1 heterocycles. The molecule has 7 nitrogen and oxygen atoms in total. The number of hydrazine groups is 1. The largest absolute Gasteiger partial charge is 0.490 e. The molecule has 0 bridgehead atoms. The predicted molar refractivity (Wildman–Crippen MR) is 73.9 cm³/mol. The number of methoxy groups -OCH3 is 1. The summed E-state index contributed by atoms with van der Waals surface area (Å²) in [5.41, 5.74) is 2.46. The van der Waals surface area contributed by atoms with E-state index in [1.54, 1.807) is 18.9 Å². The predicted octanol–water partition coefficient (Wildman–Crippen LogP) is 0.298. The minimum atomic E-state index is 0.242. The maximum atomic E-state index is 8.65. The zero-order valence-electron chi connectivity index (χ0n) is 10.3. The minimum Gasteiger partial charge on any atom is -0.490 e. The van der Waals surface area contributed by atoms with E-state index in [0.717, 1.165) is 24.5 Å². The third-order valence-electron chi connectivity index (χ3n) is 2.13. The number of nitrogens with zero attached hydrogens (tertiary/aromatic N) is 2. The van der Waals surface area contributed by atoms with Gasteiger partial charge in [-0.05, 0) is 12.2 Å². The van der Waals surface area contributed by atoms with E-state index < -0.39 is 0 Å². The summed E-state index contributed by atoms with van der Waals surface area (Å²) in [4.78, 5) is 8.05. The standard InChI is InChI=1S/C10H19N5O2S/c1-17-8-9(13-7-14-10(8)15-11)12-3-6-18-5-2-4-16/h7,16H,2-6,11H2,1H3,(H2,12,13,14,15). The van der Waals surface area contributed by atoms with Crippen molar-refractivity contribution in [1.29, 1.82) is 0 Å². The van der Waals surface area contributed by atoms with Gasteiger partial charge in [-0.15, -0.1) is 0 Å². The zero-order chi connectivity index (χ0) is 13.2. The van der Waals surface area contributed by atoms with Crippen LogP contribution in [0.5, 0.6) is 5.75 Å². The molecule has 102 valence electrons. The normalized spacial score (nSPS) is 10.2. The van der Waals surface area contributed by atoms with Crippen molar-refractivity contribution in [2.45, 2.75) is 6.42 Å². The first-order valence-corrected chi connectivity index (χ1v) is 6.77. The molecule has 0 saturated carbocycles. The highest BCUT2D eigenvalue weighted by Gasteiger charge is 2.10. The van der Waals surface area contributed by atoms with E-state index in [-0.39, 0.29) is 6.61 Å². The number of ether oxygens (including phenoxy) is 1. The van der Waals surface area contributed by atoms with Crippen molar-refractivity contribution in [3.05, 3.63) is 6.33 Å². The summed E-state index contributed by atoms with van der Waals surface area (Å²) in [6, 6.07) is 0. The van der Waals surface area contributed by atoms with Crippen LogP contribution in [-0.4, -0.2) is 46.8 Å². The Morgan fingerprint density at radius 3 is 2.83 bits per heavy atom. The van der Waals surface area contributed by atoms with Crippen molar-refractivity contribution in [3.8, 4) is 5.75 Å². The molecular weight excluding hydrogens is 254 g/mol.